The first-order chi connectivity index (χ1) is 32.1. The lowest BCUT2D eigenvalue weighted by atomic mass is 10.0. The molecule has 65 heavy (non-hydrogen) atoms. The van der Waals surface area contributed by atoms with Crippen molar-refractivity contribution in [3.63, 3.8) is 0 Å². The second-order valence-corrected chi connectivity index (χ2v) is 16.2. The molecule has 0 aliphatic carbocycles. The zero-order chi connectivity index (χ0) is 43.7. The molecule has 0 fully saturated rings. The lowest BCUT2D eigenvalue weighted by Gasteiger charge is -2.26. The summed E-state index contributed by atoms with van der Waals surface area (Å²) in [6.45, 7) is 4.35. The molecule has 0 aliphatic heterocycles. The van der Waals surface area contributed by atoms with Gasteiger partial charge in [-0.05, 0) is 122 Å². The number of para-hydroxylation sites is 4. The summed E-state index contributed by atoms with van der Waals surface area (Å²) in [6, 6.07) is 81.0. The van der Waals surface area contributed by atoms with E-state index in [1.807, 2.05) is 60.7 Å². The quantitative estimate of drug-likeness (QED) is 0.137. The van der Waals surface area contributed by atoms with Crippen LogP contribution in [0, 0.1) is 13.8 Å². The molecule has 2 aromatic heterocycles. The van der Waals surface area contributed by atoms with E-state index in [4.69, 9.17) is 15.0 Å². The van der Waals surface area contributed by atoms with Crippen LogP contribution in [0.15, 0.2) is 231 Å². The third-order valence-electron chi connectivity index (χ3n) is 12.0. The van der Waals surface area contributed by atoms with Crippen LogP contribution in [0.1, 0.15) is 11.1 Å². The number of aryl methyl sites for hydroxylation is 2. The van der Waals surface area contributed by atoms with Crippen molar-refractivity contribution in [3.8, 4) is 39.9 Å². The van der Waals surface area contributed by atoms with Gasteiger partial charge in [0.1, 0.15) is 0 Å². The standard InChI is InChI=1S/C59H44N6/c1-41-38-56(42(2)37-51(41)59-61-57(43-21-9-3-10-22-43)60-58(62-59)44-23-11-4-12-24-44)65-54-35-33-49(63(45-25-13-5-14-26-45)46-27-15-6-16-28-46)39-52(54)53-40-50(34-36-55(53)65)64(47-29-17-7-18-30-47)48-31-19-8-20-32-48/h3-40H,1-2H3. The van der Waals surface area contributed by atoms with Crippen molar-refractivity contribution in [2.24, 2.45) is 0 Å². The van der Waals surface area contributed by atoms with Crippen molar-refractivity contribution in [1.29, 1.82) is 0 Å². The van der Waals surface area contributed by atoms with Crippen LogP contribution in [0.2, 0.25) is 0 Å². The van der Waals surface area contributed by atoms with E-state index < -0.39 is 0 Å². The van der Waals surface area contributed by atoms with E-state index in [1.54, 1.807) is 0 Å². The van der Waals surface area contributed by atoms with Gasteiger partial charge in [0.05, 0.1) is 11.0 Å². The summed E-state index contributed by atoms with van der Waals surface area (Å²) in [5, 5.41) is 2.30. The Morgan fingerprint density at radius 2 is 0.677 bits per heavy atom. The van der Waals surface area contributed by atoms with E-state index >= 15 is 0 Å². The zero-order valence-corrected chi connectivity index (χ0v) is 36.1. The second kappa shape index (κ2) is 16.9. The summed E-state index contributed by atoms with van der Waals surface area (Å²) in [4.78, 5) is 19.8. The molecular formula is C59H44N6. The monoisotopic (exact) mass is 836 g/mol. The molecule has 0 amide bonds. The Morgan fingerprint density at radius 1 is 0.323 bits per heavy atom. The average Bonchev–Trinajstić information content (AvgIpc) is 3.69. The molecular weight excluding hydrogens is 793 g/mol. The van der Waals surface area contributed by atoms with Crippen LogP contribution in [0.25, 0.3) is 61.7 Å². The summed E-state index contributed by atoms with van der Waals surface area (Å²) < 4.78 is 2.42. The van der Waals surface area contributed by atoms with Gasteiger partial charge in [-0.15, -0.1) is 0 Å². The highest BCUT2D eigenvalue weighted by molar-refractivity contribution is 6.12. The molecule has 0 aliphatic rings. The fraction of sp³-hybridized carbons (Fsp3) is 0.0339. The third kappa shape index (κ3) is 7.47. The van der Waals surface area contributed by atoms with Crippen molar-refractivity contribution in [1.82, 2.24) is 19.5 Å². The van der Waals surface area contributed by atoms with Crippen LogP contribution in [-0.4, -0.2) is 19.5 Å². The minimum atomic E-state index is 0.643. The number of nitrogens with zero attached hydrogens (tertiary/aromatic N) is 6. The van der Waals surface area contributed by atoms with Crippen molar-refractivity contribution in [2.75, 3.05) is 9.80 Å². The number of benzene rings is 9. The van der Waals surface area contributed by atoms with Crippen molar-refractivity contribution >= 4 is 55.9 Å². The Bertz CT molecular complexity index is 3150. The van der Waals surface area contributed by atoms with Crippen molar-refractivity contribution in [3.05, 3.63) is 242 Å². The number of fused-ring (bicyclic) bond motifs is 3. The molecule has 6 heteroatoms. The van der Waals surface area contributed by atoms with Gasteiger partial charge in [-0.1, -0.05) is 133 Å². The lowest BCUT2D eigenvalue weighted by molar-refractivity contribution is 1.07. The molecule has 0 unspecified atom stereocenters. The Balaban J connectivity index is 1.12. The molecule has 0 spiro atoms. The van der Waals surface area contributed by atoms with Gasteiger partial charge >= 0.3 is 0 Å². The highest BCUT2D eigenvalue weighted by atomic mass is 15.2. The average molecular weight is 837 g/mol. The number of anilines is 6. The maximum absolute atomic E-state index is 5.11. The first-order valence-electron chi connectivity index (χ1n) is 21.9. The third-order valence-corrected chi connectivity index (χ3v) is 12.0. The van der Waals surface area contributed by atoms with Gasteiger partial charge in [0.15, 0.2) is 17.5 Å². The summed E-state index contributed by atoms with van der Waals surface area (Å²) in [7, 11) is 0. The maximum atomic E-state index is 5.11. The minimum Gasteiger partial charge on any atom is -0.310 e. The lowest BCUT2D eigenvalue weighted by Crippen LogP contribution is -2.09. The van der Waals surface area contributed by atoms with E-state index in [0.29, 0.717) is 17.5 Å². The van der Waals surface area contributed by atoms with Crippen molar-refractivity contribution < 1.29 is 0 Å². The van der Waals surface area contributed by atoms with E-state index in [1.165, 1.54) is 0 Å². The molecule has 9 aromatic carbocycles. The predicted octanol–water partition coefficient (Wildman–Crippen LogP) is 15.5. The van der Waals surface area contributed by atoms with Gasteiger partial charge in [-0.25, -0.2) is 15.0 Å². The zero-order valence-electron chi connectivity index (χ0n) is 36.1. The molecule has 0 bridgehead atoms. The van der Waals surface area contributed by atoms with E-state index in [0.717, 1.165) is 89.4 Å². The highest BCUT2D eigenvalue weighted by Crippen LogP contribution is 2.43. The first-order valence-corrected chi connectivity index (χ1v) is 21.9. The number of hydrogen-bond acceptors (Lipinski definition) is 5. The van der Waals surface area contributed by atoms with Gasteiger partial charge in [0.25, 0.3) is 0 Å². The Hall–Kier alpha value is -8.61. The maximum Gasteiger partial charge on any atom is 0.164 e. The predicted molar refractivity (Wildman–Crippen MR) is 269 cm³/mol. The van der Waals surface area contributed by atoms with E-state index in [9.17, 15) is 0 Å². The van der Waals surface area contributed by atoms with Crippen LogP contribution in [0.5, 0.6) is 0 Å². The van der Waals surface area contributed by atoms with Crippen LogP contribution >= 0.6 is 0 Å². The summed E-state index contributed by atoms with van der Waals surface area (Å²) in [6.07, 6.45) is 0. The molecule has 310 valence electrons. The Kier molecular flexibility index (Phi) is 10.2. The van der Waals surface area contributed by atoms with Crippen LogP contribution in [0.4, 0.5) is 34.1 Å². The molecule has 6 nitrogen and oxygen atoms in total. The van der Waals surface area contributed by atoms with Gasteiger partial charge in [0.2, 0.25) is 0 Å². The topological polar surface area (TPSA) is 50.1 Å². The molecule has 11 rings (SSSR count). The smallest absolute Gasteiger partial charge is 0.164 e. The second-order valence-electron chi connectivity index (χ2n) is 16.2. The van der Waals surface area contributed by atoms with Crippen LogP contribution < -0.4 is 9.80 Å². The molecule has 0 saturated carbocycles. The minimum absolute atomic E-state index is 0.643. The summed E-state index contributed by atoms with van der Waals surface area (Å²) in [5.41, 5.74) is 14.9. The molecule has 0 N–H and O–H groups in total. The SMILES string of the molecule is Cc1cc(-n2c3ccc(N(c4ccccc4)c4ccccc4)cc3c3cc(N(c4ccccc4)c4ccccc4)ccc32)c(C)cc1-c1nc(-c2ccccc2)nc(-c2ccccc2)n1. The van der Waals surface area contributed by atoms with Crippen LogP contribution in [0.3, 0.4) is 0 Å². The van der Waals surface area contributed by atoms with Gasteiger partial charge in [-0.2, -0.15) is 0 Å². The molecule has 0 saturated heterocycles. The van der Waals surface area contributed by atoms with Crippen LogP contribution in [-0.2, 0) is 0 Å². The number of hydrogen-bond donors (Lipinski definition) is 0. The van der Waals surface area contributed by atoms with Gasteiger partial charge < -0.3 is 14.4 Å². The molecule has 11 aromatic rings. The molecule has 0 radical (unpaired) electrons. The largest absolute Gasteiger partial charge is 0.310 e. The fourth-order valence-corrected chi connectivity index (χ4v) is 8.95. The molecule has 0 atom stereocenters. The van der Waals surface area contributed by atoms with E-state index in [-0.39, 0.29) is 0 Å². The Labute approximate surface area is 379 Å². The first kappa shape index (κ1) is 39.3. The van der Waals surface area contributed by atoms with Crippen molar-refractivity contribution in [2.45, 2.75) is 13.8 Å². The summed E-state index contributed by atoms with van der Waals surface area (Å²) >= 11 is 0. The normalized spacial score (nSPS) is 11.2. The highest BCUT2D eigenvalue weighted by Gasteiger charge is 2.22. The molecule has 2 heterocycles. The Morgan fingerprint density at radius 3 is 1.06 bits per heavy atom. The number of rotatable bonds is 10. The number of aromatic nitrogens is 4. The summed E-state index contributed by atoms with van der Waals surface area (Å²) in [5.74, 6) is 1.93. The van der Waals surface area contributed by atoms with Gasteiger partial charge in [-0.3, -0.25) is 0 Å². The fourth-order valence-electron chi connectivity index (χ4n) is 8.95. The van der Waals surface area contributed by atoms with Gasteiger partial charge in [0, 0.05) is 67.3 Å². The van der Waals surface area contributed by atoms with E-state index in [2.05, 4.69) is 198 Å².